The fraction of sp³-hybridized carbons (Fsp3) is 0.529. The van der Waals surface area contributed by atoms with Gasteiger partial charge in [0.05, 0.1) is 5.69 Å². The van der Waals surface area contributed by atoms with Crippen LogP contribution in [0.25, 0.3) is 6.08 Å². The van der Waals surface area contributed by atoms with E-state index in [0.717, 1.165) is 49.0 Å². The lowest BCUT2D eigenvalue weighted by Gasteiger charge is -2.31. The van der Waals surface area contributed by atoms with E-state index in [9.17, 15) is 0 Å². The van der Waals surface area contributed by atoms with Crippen molar-refractivity contribution in [1.82, 2.24) is 15.2 Å². The van der Waals surface area contributed by atoms with Gasteiger partial charge in [0.1, 0.15) is 0 Å². The molecule has 1 fully saturated rings. The van der Waals surface area contributed by atoms with Crippen LogP contribution in [0.15, 0.2) is 23.8 Å². The van der Waals surface area contributed by atoms with Crippen LogP contribution in [0.2, 0.25) is 0 Å². The lowest BCUT2D eigenvalue weighted by atomic mass is 10.0. The molecule has 0 aromatic carbocycles. The summed E-state index contributed by atoms with van der Waals surface area (Å²) >= 11 is 5.46. The zero-order valence-electron chi connectivity index (χ0n) is 13.1. The quantitative estimate of drug-likeness (QED) is 0.680. The maximum atomic E-state index is 5.46. The summed E-state index contributed by atoms with van der Waals surface area (Å²) in [5, 5.41) is 4.26. The summed E-state index contributed by atoms with van der Waals surface area (Å²) in [6, 6.07) is 6.17. The number of aromatic nitrogens is 1. The van der Waals surface area contributed by atoms with Gasteiger partial charge in [-0.25, -0.2) is 0 Å². The van der Waals surface area contributed by atoms with Gasteiger partial charge in [-0.05, 0) is 56.6 Å². The monoisotopic (exact) mass is 303 g/mol. The number of pyridine rings is 1. The molecule has 2 heterocycles. The van der Waals surface area contributed by atoms with Crippen LogP contribution < -0.4 is 5.32 Å². The minimum absolute atomic E-state index is 0.913. The highest BCUT2D eigenvalue weighted by Gasteiger charge is 2.16. The van der Waals surface area contributed by atoms with Gasteiger partial charge >= 0.3 is 0 Å². The van der Waals surface area contributed by atoms with Crippen molar-refractivity contribution in [2.24, 2.45) is 0 Å². The second kappa shape index (κ2) is 8.13. The van der Waals surface area contributed by atoms with Crippen LogP contribution in [-0.2, 0) is 0 Å². The maximum Gasteiger partial charge on any atom is 0.168 e. The molecule has 0 unspecified atom stereocenters. The first-order valence-electron chi connectivity index (χ1n) is 7.85. The highest BCUT2D eigenvalue weighted by molar-refractivity contribution is 7.80. The van der Waals surface area contributed by atoms with Crippen LogP contribution in [0, 0.1) is 6.92 Å². The highest BCUT2D eigenvalue weighted by Crippen LogP contribution is 2.19. The maximum absolute atomic E-state index is 5.46. The number of rotatable bonds is 4. The van der Waals surface area contributed by atoms with E-state index in [2.05, 4.69) is 40.3 Å². The van der Waals surface area contributed by atoms with E-state index < -0.39 is 0 Å². The third-order valence-electron chi connectivity index (χ3n) is 3.76. The number of hydrogen-bond donors (Lipinski definition) is 1. The van der Waals surface area contributed by atoms with E-state index >= 15 is 0 Å². The Balaban J connectivity index is 1.84. The number of piperidine rings is 1. The molecule has 0 bridgehead atoms. The molecular formula is C17H25N3S. The van der Waals surface area contributed by atoms with Gasteiger partial charge in [-0.15, -0.1) is 0 Å². The molecule has 0 radical (unpaired) electrons. The summed E-state index contributed by atoms with van der Waals surface area (Å²) in [7, 11) is 0. The summed E-state index contributed by atoms with van der Waals surface area (Å²) < 4.78 is 0. The normalized spacial score (nSPS) is 15.0. The Morgan fingerprint density at radius 2 is 2.14 bits per heavy atom. The van der Waals surface area contributed by atoms with Crippen LogP contribution in [0.3, 0.4) is 0 Å². The minimum atomic E-state index is 0.913. The van der Waals surface area contributed by atoms with Gasteiger partial charge < -0.3 is 10.2 Å². The first-order valence-corrected chi connectivity index (χ1v) is 8.25. The van der Waals surface area contributed by atoms with Crippen molar-refractivity contribution >= 4 is 23.4 Å². The zero-order valence-corrected chi connectivity index (χ0v) is 13.9. The number of nitrogens with zero attached hydrogens (tertiary/aromatic N) is 2. The van der Waals surface area contributed by atoms with E-state index in [1.165, 1.54) is 18.4 Å². The number of thiocarbonyl (C=S) groups is 1. The smallest absolute Gasteiger partial charge is 0.168 e. The van der Waals surface area contributed by atoms with Crippen molar-refractivity contribution in [1.29, 1.82) is 0 Å². The van der Waals surface area contributed by atoms with Gasteiger partial charge in [0.25, 0.3) is 0 Å². The van der Waals surface area contributed by atoms with Crippen molar-refractivity contribution in [3.8, 4) is 0 Å². The van der Waals surface area contributed by atoms with Crippen LogP contribution in [-0.4, -0.2) is 34.6 Å². The average Bonchev–Trinajstić information content (AvgIpc) is 2.48. The lowest BCUT2D eigenvalue weighted by molar-refractivity contribution is 0.383. The van der Waals surface area contributed by atoms with Gasteiger partial charge in [0.15, 0.2) is 5.11 Å². The van der Waals surface area contributed by atoms with Crippen molar-refractivity contribution in [2.75, 3.05) is 19.6 Å². The SMILES string of the molecule is CCCCNC(=S)N1CCC(=Cc2cccc(C)n2)CC1. The van der Waals surface area contributed by atoms with E-state index in [-0.39, 0.29) is 0 Å². The number of nitrogens with one attached hydrogen (secondary N) is 1. The average molecular weight is 303 g/mol. The number of unbranched alkanes of at least 4 members (excludes halogenated alkanes) is 1. The Hall–Kier alpha value is -1.42. The molecule has 0 spiro atoms. The molecule has 1 aromatic rings. The fourth-order valence-electron chi connectivity index (χ4n) is 2.48. The van der Waals surface area contributed by atoms with E-state index in [1.807, 2.05) is 13.0 Å². The van der Waals surface area contributed by atoms with E-state index in [4.69, 9.17) is 12.2 Å². The molecule has 3 nitrogen and oxygen atoms in total. The van der Waals surface area contributed by atoms with Gasteiger partial charge in [-0.2, -0.15) is 0 Å². The van der Waals surface area contributed by atoms with Crippen molar-refractivity contribution in [2.45, 2.75) is 39.5 Å². The predicted molar refractivity (Wildman–Crippen MR) is 93.3 cm³/mol. The fourth-order valence-corrected chi connectivity index (χ4v) is 2.76. The third kappa shape index (κ3) is 5.12. The molecule has 1 N–H and O–H groups in total. The highest BCUT2D eigenvalue weighted by atomic mass is 32.1. The van der Waals surface area contributed by atoms with Crippen LogP contribution >= 0.6 is 12.2 Å². The molecule has 4 heteroatoms. The third-order valence-corrected chi connectivity index (χ3v) is 4.16. The molecule has 0 amide bonds. The van der Waals surface area contributed by atoms with Crippen molar-refractivity contribution in [3.63, 3.8) is 0 Å². The first-order chi connectivity index (χ1) is 10.2. The number of aryl methyl sites for hydroxylation is 1. The number of hydrogen-bond acceptors (Lipinski definition) is 2. The Morgan fingerprint density at radius 1 is 1.38 bits per heavy atom. The summed E-state index contributed by atoms with van der Waals surface area (Å²) in [6.07, 6.45) is 6.76. The van der Waals surface area contributed by atoms with Crippen molar-refractivity contribution in [3.05, 3.63) is 35.2 Å². The first kappa shape index (κ1) is 16.0. The van der Waals surface area contributed by atoms with Crippen LogP contribution in [0.1, 0.15) is 44.0 Å². The molecule has 0 aliphatic carbocycles. The topological polar surface area (TPSA) is 28.2 Å². The van der Waals surface area contributed by atoms with E-state index in [1.54, 1.807) is 0 Å². The largest absolute Gasteiger partial charge is 0.363 e. The second-order valence-corrected chi connectivity index (χ2v) is 5.97. The van der Waals surface area contributed by atoms with Crippen molar-refractivity contribution < 1.29 is 0 Å². The molecule has 0 saturated carbocycles. The Kier molecular flexibility index (Phi) is 6.18. The molecule has 1 aliphatic heterocycles. The Labute approximate surface area is 133 Å². The summed E-state index contributed by atoms with van der Waals surface area (Å²) in [5.74, 6) is 0. The second-order valence-electron chi connectivity index (χ2n) is 5.58. The molecule has 21 heavy (non-hydrogen) atoms. The van der Waals surface area contributed by atoms with Crippen LogP contribution in [0.5, 0.6) is 0 Å². The van der Waals surface area contributed by atoms with Crippen LogP contribution in [0.4, 0.5) is 0 Å². The molecule has 114 valence electrons. The van der Waals surface area contributed by atoms with Gasteiger partial charge in [0.2, 0.25) is 0 Å². The minimum Gasteiger partial charge on any atom is -0.363 e. The number of likely N-dealkylation sites (tertiary alicyclic amines) is 1. The predicted octanol–water partition coefficient (Wildman–Crippen LogP) is 3.54. The molecule has 2 rings (SSSR count). The summed E-state index contributed by atoms with van der Waals surface area (Å²) in [4.78, 5) is 6.83. The molecule has 1 aliphatic rings. The molecule has 0 atom stereocenters. The summed E-state index contributed by atoms with van der Waals surface area (Å²) in [6.45, 7) is 7.24. The lowest BCUT2D eigenvalue weighted by Crippen LogP contribution is -2.43. The summed E-state index contributed by atoms with van der Waals surface area (Å²) in [5.41, 5.74) is 3.62. The molecule has 1 aromatic heterocycles. The standard InChI is InChI=1S/C17H25N3S/c1-3-4-10-18-17(21)20-11-8-15(9-12-20)13-16-7-5-6-14(2)19-16/h5-7,13H,3-4,8-12H2,1-2H3,(H,18,21). The zero-order chi connectivity index (χ0) is 15.1. The van der Waals surface area contributed by atoms with E-state index in [0.29, 0.717) is 0 Å². The Bertz CT molecular complexity index is 501. The molecular weight excluding hydrogens is 278 g/mol. The van der Waals surface area contributed by atoms with Gasteiger partial charge in [-0.1, -0.05) is 25.0 Å². The van der Waals surface area contributed by atoms with Gasteiger partial charge in [0, 0.05) is 25.3 Å². The Morgan fingerprint density at radius 3 is 2.81 bits per heavy atom. The van der Waals surface area contributed by atoms with Gasteiger partial charge in [-0.3, -0.25) is 4.98 Å². The molecule has 1 saturated heterocycles.